The Bertz CT molecular complexity index is 406. The number of allylic oxidation sites excluding steroid dienone is 1. The van der Waals surface area contributed by atoms with Crippen molar-refractivity contribution in [1.82, 2.24) is 9.80 Å². The molecule has 0 aromatic carbocycles. The van der Waals surface area contributed by atoms with E-state index in [1.165, 1.54) is 0 Å². The van der Waals surface area contributed by atoms with Crippen molar-refractivity contribution >= 4 is 5.91 Å². The van der Waals surface area contributed by atoms with E-state index in [2.05, 4.69) is 38.7 Å². The van der Waals surface area contributed by atoms with Gasteiger partial charge in [-0.2, -0.15) is 5.26 Å². The van der Waals surface area contributed by atoms with E-state index in [9.17, 15) is 4.79 Å². The summed E-state index contributed by atoms with van der Waals surface area (Å²) in [6.07, 6.45) is 4.09. The molecule has 1 fully saturated rings. The summed E-state index contributed by atoms with van der Waals surface area (Å²) in [5.41, 5.74) is 0.00691. The zero-order valence-corrected chi connectivity index (χ0v) is 13.4. The predicted molar refractivity (Wildman–Crippen MR) is 81.0 cm³/mol. The SMILES string of the molecule is CC(C)C(C)(C)/C=C/C(=O)N1CCN(C)CC1CC#N. The summed E-state index contributed by atoms with van der Waals surface area (Å²) in [6.45, 7) is 10.9. The monoisotopic (exact) mass is 277 g/mol. The van der Waals surface area contributed by atoms with Gasteiger partial charge in [0.25, 0.3) is 0 Å². The van der Waals surface area contributed by atoms with Crippen LogP contribution in [0, 0.1) is 22.7 Å². The van der Waals surface area contributed by atoms with Crippen LogP contribution in [0.3, 0.4) is 0 Å². The van der Waals surface area contributed by atoms with Crippen LogP contribution in [0.25, 0.3) is 0 Å². The Labute approximate surface area is 123 Å². The molecule has 1 saturated heterocycles. The first-order valence-corrected chi connectivity index (χ1v) is 7.33. The van der Waals surface area contributed by atoms with E-state index in [1.54, 1.807) is 6.08 Å². The first-order chi connectivity index (χ1) is 9.27. The molecule has 1 atom stereocenters. The number of piperazine rings is 1. The molecule has 0 radical (unpaired) electrons. The average molecular weight is 277 g/mol. The lowest BCUT2D eigenvalue weighted by atomic mass is 9.81. The largest absolute Gasteiger partial charge is 0.333 e. The van der Waals surface area contributed by atoms with E-state index >= 15 is 0 Å². The van der Waals surface area contributed by atoms with E-state index in [4.69, 9.17) is 5.26 Å². The third kappa shape index (κ3) is 4.35. The Morgan fingerprint density at radius 1 is 1.45 bits per heavy atom. The summed E-state index contributed by atoms with van der Waals surface area (Å²) in [5.74, 6) is 0.515. The fraction of sp³-hybridized carbons (Fsp3) is 0.750. The maximum atomic E-state index is 12.4. The molecule has 1 amide bonds. The van der Waals surface area contributed by atoms with E-state index in [0.29, 0.717) is 18.9 Å². The van der Waals surface area contributed by atoms with Gasteiger partial charge in [0, 0.05) is 19.6 Å². The minimum absolute atomic E-state index is 0.00691. The molecule has 0 aromatic heterocycles. The minimum atomic E-state index is 0.00691. The highest BCUT2D eigenvalue weighted by molar-refractivity contribution is 5.88. The third-order valence-corrected chi connectivity index (χ3v) is 4.44. The van der Waals surface area contributed by atoms with Crippen molar-refractivity contribution in [3.05, 3.63) is 12.2 Å². The van der Waals surface area contributed by atoms with E-state index in [0.717, 1.165) is 13.1 Å². The number of rotatable bonds is 4. The van der Waals surface area contributed by atoms with Crippen molar-refractivity contribution in [3.63, 3.8) is 0 Å². The number of nitriles is 1. The maximum Gasteiger partial charge on any atom is 0.246 e. The number of hydrogen-bond acceptors (Lipinski definition) is 3. The standard InChI is InChI=1S/C16H27N3O/c1-13(2)16(3,4)8-6-15(20)19-11-10-18(5)12-14(19)7-9-17/h6,8,13-14H,7,10-12H2,1-5H3/b8-6+. The maximum absolute atomic E-state index is 12.4. The zero-order valence-electron chi connectivity index (χ0n) is 13.4. The molecule has 0 saturated carbocycles. The fourth-order valence-corrected chi connectivity index (χ4v) is 2.16. The quantitative estimate of drug-likeness (QED) is 0.741. The number of amides is 1. The van der Waals surface area contributed by atoms with Crippen LogP contribution in [0.2, 0.25) is 0 Å². The van der Waals surface area contributed by atoms with Gasteiger partial charge >= 0.3 is 0 Å². The fourth-order valence-electron chi connectivity index (χ4n) is 2.16. The number of carbonyl (C=O) groups is 1. The molecule has 1 aliphatic heterocycles. The summed E-state index contributed by atoms with van der Waals surface area (Å²) in [7, 11) is 2.03. The molecule has 0 bridgehead atoms. The molecule has 0 aromatic rings. The second kappa shape index (κ2) is 6.90. The molecular formula is C16H27N3O. The first kappa shape index (κ1) is 16.7. The van der Waals surface area contributed by atoms with Gasteiger partial charge in [0.2, 0.25) is 5.91 Å². The van der Waals surface area contributed by atoms with Crippen LogP contribution in [0.4, 0.5) is 0 Å². The topological polar surface area (TPSA) is 47.3 Å². The first-order valence-electron chi connectivity index (χ1n) is 7.33. The summed E-state index contributed by atoms with van der Waals surface area (Å²) < 4.78 is 0. The van der Waals surface area contributed by atoms with Gasteiger partial charge in [0.05, 0.1) is 18.5 Å². The minimum Gasteiger partial charge on any atom is -0.333 e. The Kier molecular flexibility index (Phi) is 5.76. The Morgan fingerprint density at radius 3 is 2.65 bits per heavy atom. The molecule has 112 valence electrons. The molecule has 4 nitrogen and oxygen atoms in total. The second-order valence-electron chi connectivity index (χ2n) is 6.62. The Hall–Kier alpha value is -1.34. The lowest BCUT2D eigenvalue weighted by Crippen LogP contribution is -2.53. The molecule has 1 aliphatic rings. The van der Waals surface area contributed by atoms with Gasteiger partial charge in [-0.25, -0.2) is 0 Å². The molecule has 4 heteroatoms. The summed E-state index contributed by atoms with van der Waals surface area (Å²) in [6, 6.07) is 2.20. The molecule has 1 rings (SSSR count). The number of hydrogen-bond donors (Lipinski definition) is 0. The van der Waals surface area contributed by atoms with Crippen molar-refractivity contribution in [2.75, 3.05) is 26.7 Å². The average Bonchev–Trinajstić information content (AvgIpc) is 2.36. The van der Waals surface area contributed by atoms with Gasteiger partial charge < -0.3 is 9.80 Å². The third-order valence-electron chi connectivity index (χ3n) is 4.44. The van der Waals surface area contributed by atoms with Gasteiger partial charge in [-0.3, -0.25) is 4.79 Å². The molecule has 1 heterocycles. The highest BCUT2D eigenvalue weighted by atomic mass is 16.2. The van der Waals surface area contributed by atoms with Crippen LogP contribution in [-0.4, -0.2) is 48.4 Å². The molecule has 20 heavy (non-hydrogen) atoms. The summed E-state index contributed by atoms with van der Waals surface area (Å²) >= 11 is 0. The van der Waals surface area contributed by atoms with E-state index in [-0.39, 0.29) is 17.4 Å². The van der Waals surface area contributed by atoms with Gasteiger partial charge in [0.1, 0.15) is 0 Å². The second-order valence-corrected chi connectivity index (χ2v) is 6.62. The van der Waals surface area contributed by atoms with Gasteiger partial charge in [0.15, 0.2) is 0 Å². The smallest absolute Gasteiger partial charge is 0.246 e. The normalized spacial score (nSPS) is 21.4. The number of carbonyl (C=O) groups excluding carboxylic acids is 1. The lowest BCUT2D eigenvalue weighted by Gasteiger charge is -2.38. The number of likely N-dealkylation sites (N-methyl/N-ethyl adjacent to an activating group) is 1. The lowest BCUT2D eigenvalue weighted by molar-refractivity contribution is -0.130. The molecule has 0 aliphatic carbocycles. The van der Waals surface area contributed by atoms with Gasteiger partial charge in [-0.1, -0.05) is 33.8 Å². The predicted octanol–water partition coefficient (Wildman–Crippen LogP) is 2.28. The van der Waals surface area contributed by atoms with Crippen molar-refractivity contribution in [2.45, 2.75) is 40.2 Å². The van der Waals surface area contributed by atoms with Crippen molar-refractivity contribution in [3.8, 4) is 6.07 Å². The van der Waals surface area contributed by atoms with Gasteiger partial charge in [-0.05, 0) is 24.5 Å². The number of nitrogens with zero attached hydrogens (tertiary/aromatic N) is 3. The van der Waals surface area contributed by atoms with Crippen molar-refractivity contribution in [2.24, 2.45) is 11.3 Å². The van der Waals surface area contributed by atoms with Crippen LogP contribution in [-0.2, 0) is 4.79 Å². The van der Waals surface area contributed by atoms with Crippen LogP contribution in [0.15, 0.2) is 12.2 Å². The van der Waals surface area contributed by atoms with E-state index < -0.39 is 0 Å². The van der Waals surface area contributed by atoms with Gasteiger partial charge in [-0.15, -0.1) is 0 Å². The Morgan fingerprint density at radius 2 is 2.10 bits per heavy atom. The van der Waals surface area contributed by atoms with Crippen molar-refractivity contribution < 1.29 is 4.79 Å². The Balaban J connectivity index is 2.75. The van der Waals surface area contributed by atoms with Crippen LogP contribution in [0.5, 0.6) is 0 Å². The van der Waals surface area contributed by atoms with Crippen LogP contribution in [0.1, 0.15) is 34.1 Å². The molecule has 1 unspecified atom stereocenters. The van der Waals surface area contributed by atoms with Crippen molar-refractivity contribution in [1.29, 1.82) is 5.26 Å². The molecule has 0 spiro atoms. The highest BCUT2D eigenvalue weighted by Gasteiger charge is 2.28. The summed E-state index contributed by atoms with van der Waals surface area (Å²) in [4.78, 5) is 16.4. The van der Waals surface area contributed by atoms with E-state index in [1.807, 2.05) is 18.0 Å². The summed E-state index contributed by atoms with van der Waals surface area (Å²) in [5, 5.41) is 8.91. The molecular weight excluding hydrogens is 250 g/mol. The highest BCUT2D eigenvalue weighted by Crippen LogP contribution is 2.27. The zero-order chi connectivity index (χ0) is 15.3. The van der Waals surface area contributed by atoms with Crippen LogP contribution < -0.4 is 0 Å². The molecule has 0 N–H and O–H groups in total. The van der Waals surface area contributed by atoms with Crippen LogP contribution >= 0.6 is 0 Å².